The highest BCUT2D eigenvalue weighted by Gasteiger charge is 2.42. The molecule has 1 aromatic carbocycles. The fourth-order valence-corrected chi connectivity index (χ4v) is 6.97. The average molecular weight is 494 g/mol. The lowest BCUT2D eigenvalue weighted by Crippen LogP contribution is -2.44. The van der Waals surface area contributed by atoms with Crippen LogP contribution < -0.4 is 16.0 Å². The number of carbonyl (C=O) groups excluding carboxylic acids is 1. The molecule has 3 atom stereocenters. The second kappa shape index (κ2) is 10.6. The van der Waals surface area contributed by atoms with E-state index in [0.29, 0.717) is 37.6 Å². The Morgan fingerprint density at radius 2 is 1.94 bits per heavy atom. The third-order valence-electron chi connectivity index (χ3n) is 7.07. The van der Waals surface area contributed by atoms with Gasteiger partial charge in [-0.25, -0.2) is 9.97 Å². The number of nitrogens with two attached hydrogens (primary N) is 1. The average Bonchev–Trinajstić information content (AvgIpc) is 3.33. The molecule has 2 aliphatic heterocycles. The molecule has 2 fully saturated rings. The van der Waals surface area contributed by atoms with Crippen LogP contribution in [0.4, 0.5) is 5.82 Å². The van der Waals surface area contributed by atoms with Gasteiger partial charge in [0.2, 0.25) is 5.91 Å². The van der Waals surface area contributed by atoms with Gasteiger partial charge in [-0.3, -0.25) is 4.79 Å². The van der Waals surface area contributed by atoms with Crippen LogP contribution >= 0.6 is 11.3 Å². The van der Waals surface area contributed by atoms with E-state index in [-0.39, 0.29) is 11.9 Å². The van der Waals surface area contributed by atoms with E-state index in [1.54, 1.807) is 17.7 Å². The normalized spacial score (nSPS) is 21.7. The Bertz CT molecular complexity index is 1150. The molecule has 2 saturated heterocycles. The maximum absolute atomic E-state index is 12.8. The first kappa shape index (κ1) is 24.2. The smallest absolute Gasteiger partial charge is 0.225 e. The quantitative estimate of drug-likeness (QED) is 0.435. The number of fused-ring (bicyclic) bond motifs is 3. The summed E-state index contributed by atoms with van der Waals surface area (Å²) in [7, 11) is 0. The predicted octanol–water partition coefficient (Wildman–Crippen LogP) is 4.15. The van der Waals surface area contributed by atoms with Gasteiger partial charge in [-0.2, -0.15) is 0 Å². The molecule has 4 heterocycles. The zero-order valence-corrected chi connectivity index (χ0v) is 21.4. The number of hydrogen-bond acceptors (Lipinski definition) is 7. The molecule has 8 heteroatoms. The monoisotopic (exact) mass is 493 g/mol. The summed E-state index contributed by atoms with van der Waals surface area (Å²) in [5.41, 5.74) is 7.82. The van der Waals surface area contributed by atoms with E-state index in [1.165, 1.54) is 12.8 Å². The van der Waals surface area contributed by atoms with Crippen molar-refractivity contribution in [2.45, 2.75) is 64.1 Å². The van der Waals surface area contributed by atoms with Crippen LogP contribution in [-0.4, -0.2) is 53.8 Å². The lowest BCUT2D eigenvalue weighted by molar-refractivity contribution is -0.120. The Balaban J connectivity index is 1.53. The van der Waals surface area contributed by atoms with Crippen LogP contribution in [0.3, 0.4) is 0 Å². The van der Waals surface area contributed by atoms with Gasteiger partial charge >= 0.3 is 0 Å². The first-order chi connectivity index (χ1) is 17.0. The molecule has 2 aromatic heterocycles. The molecule has 0 aliphatic carbocycles. The number of nitrogens with zero attached hydrogens (tertiary/aromatic N) is 3. The van der Waals surface area contributed by atoms with Crippen molar-refractivity contribution in [2.24, 2.45) is 11.7 Å². The molecule has 2 aliphatic rings. The summed E-state index contributed by atoms with van der Waals surface area (Å²) in [4.78, 5) is 26.8. The zero-order chi connectivity index (χ0) is 24.4. The summed E-state index contributed by atoms with van der Waals surface area (Å²) in [6.07, 6.45) is 6.62. The van der Waals surface area contributed by atoms with Crippen molar-refractivity contribution < 1.29 is 9.53 Å². The van der Waals surface area contributed by atoms with Crippen LogP contribution in [0, 0.1) is 5.92 Å². The number of nitrogens with one attached hydrogen (secondary N) is 1. The van der Waals surface area contributed by atoms with E-state index >= 15 is 0 Å². The largest absolute Gasteiger partial charge is 0.380 e. The minimum absolute atomic E-state index is 0.0385. The Morgan fingerprint density at radius 1 is 1.20 bits per heavy atom. The maximum Gasteiger partial charge on any atom is 0.225 e. The molecule has 5 rings (SSSR count). The molecule has 1 amide bonds. The van der Waals surface area contributed by atoms with Crippen LogP contribution in [0.1, 0.15) is 44.4 Å². The summed E-state index contributed by atoms with van der Waals surface area (Å²) in [6.45, 7) is 5.98. The van der Waals surface area contributed by atoms with E-state index in [1.807, 2.05) is 19.9 Å². The van der Waals surface area contributed by atoms with Gasteiger partial charge in [0.25, 0.3) is 0 Å². The van der Waals surface area contributed by atoms with Crippen molar-refractivity contribution in [2.75, 3.05) is 24.7 Å². The van der Waals surface area contributed by atoms with Crippen molar-refractivity contribution in [3.05, 3.63) is 41.5 Å². The Kier molecular flexibility index (Phi) is 7.32. The van der Waals surface area contributed by atoms with Crippen LogP contribution in [0.5, 0.6) is 0 Å². The predicted molar refractivity (Wildman–Crippen MR) is 142 cm³/mol. The highest BCUT2D eigenvalue weighted by Crippen LogP contribution is 2.47. The second-order valence-electron chi connectivity index (χ2n) is 10.0. The molecule has 0 spiro atoms. The minimum Gasteiger partial charge on any atom is -0.380 e. The Hall–Kier alpha value is -2.55. The van der Waals surface area contributed by atoms with Crippen molar-refractivity contribution >= 4 is 33.3 Å². The van der Waals surface area contributed by atoms with E-state index in [2.05, 4.69) is 39.5 Å². The van der Waals surface area contributed by atoms with Crippen LogP contribution in [0.25, 0.3) is 21.3 Å². The van der Waals surface area contributed by atoms with Crippen LogP contribution in [0.2, 0.25) is 0 Å². The van der Waals surface area contributed by atoms with Crippen LogP contribution in [0.15, 0.2) is 36.7 Å². The van der Waals surface area contributed by atoms with Gasteiger partial charge in [0.1, 0.15) is 17.0 Å². The molecule has 3 N–H and O–H groups in total. The van der Waals surface area contributed by atoms with E-state index in [0.717, 1.165) is 51.5 Å². The van der Waals surface area contributed by atoms with Crippen molar-refractivity contribution in [3.63, 3.8) is 0 Å². The molecular formula is C27H35N5O2S. The molecule has 3 aromatic rings. The standard InChI is InChI=1S/C27H35N5O2S/c1-17(2)31-23(33)14-22-24(19-6-4-3-5-7-19)25-26(29-16-30-27(25)35-22)32-20-8-9-21(32)13-18(12-20)15-34-11-10-28/h3-7,16-18,20-21H,8-15,28H2,1-2H3,(H,31,33)/t18?,20-,21+. The van der Waals surface area contributed by atoms with Gasteiger partial charge in [0.15, 0.2) is 0 Å². The van der Waals surface area contributed by atoms with Crippen molar-refractivity contribution in [3.8, 4) is 11.1 Å². The highest BCUT2D eigenvalue weighted by molar-refractivity contribution is 7.19. The van der Waals surface area contributed by atoms with E-state index < -0.39 is 0 Å². The number of anilines is 1. The molecular weight excluding hydrogens is 458 g/mol. The molecule has 35 heavy (non-hydrogen) atoms. The Labute approximate surface area is 211 Å². The zero-order valence-electron chi connectivity index (χ0n) is 20.6. The number of rotatable bonds is 9. The number of hydrogen-bond donors (Lipinski definition) is 2. The minimum atomic E-state index is 0.0385. The van der Waals surface area contributed by atoms with Crippen molar-refractivity contribution in [1.29, 1.82) is 0 Å². The number of amides is 1. The topological polar surface area (TPSA) is 93.4 Å². The molecule has 0 saturated carbocycles. The maximum atomic E-state index is 12.8. The lowest BCUT2D eigenvalue weighted by atomic mass is 9.91. The summed E-state index contributed by atoms with van der Waals surface area (Å²) >= 11 is 1.62. The van der Waals surface area contributed by atoms with Gasteiger partial charge in [0, 0.05) is 41.7 Å². The molecule has 7 nitrogen and oxygen atoms in total. The highest BCUT2D eigenvalue weighted by atomic mass is 32.1. The first-order valence-corrected chi connectivity index (χ1v) is 13.5. The number of piperidine rings is 1. The van der Waals surface area contributed by atoms with Crippen molar-refractivity contribution in [1.82, 2.24) is 15.3 Å². The number of thiophene rings is 1. The van der Waals surface area contributed by atoms with E-state index in [4.69, 9.17) is 15.5 Å². The fourth-order valence-electron chi connectivity index (χ4n) is 5.82. The number of ether oxygens (including phenoxy) is 1. The summed E-state index contributed by atoms with van der Waals surface area (Å²) in [6, 6.07) is 11.4. The number of carbonyl (C=O) groups is 1. The van der Waals surface area contributed by atoms with E-state index in [9.17, 15) is 4.79 Å². The summed E-state index contributed by atoms with van der Waals surface area (Å²) in [5, 5.41) is 4.13. The van der Waals surface area contributed by atoms with Crippen LogP contribution in [-0.2, 0) is 16.0 Å². The number of aromatic nitrogens is 2. The number of benzene rings is 1. The molecule has 186 valence electrons. The molecule has 2 bridgehead atoms. The fraction of sp³-hybridized carbons (Fsp3) is 0.519. The SMILES string of the molecule is CC(C)NC(=O)Cc1sc2ncnc(N3[C@@H]4CC[C@H]3CC(COCCN)C4)c2c1-c1ccccc1. The second-order valence-corrected chi connectivity index (χ2v) is 11.1. The third-order valence-corrected chi connectivity index (χ3v) is 8.16. The van der Waals surface area contributed by atoms with Gasteiger partial charge in [-0.15, -0.1) is 11.3 Å². The first-order valence-electron chi connectivity index (χ1n) is 12.7. The van der Waals surface area contributed by atoms with Gasteiger partial charge < -0.3 is 20.7 Å². The lowest BCUT2D eigenvalue weighted by Gasteiger charge is -2.40. The molecule has 0 radical (unpaired) electrons. The Morgan fingerprint density at radius 3 is 2.63 bits per heavy atom. The van der Waals surface area contributed by atoms with Gasteiger partial charge in [-0.1, -0.05) is 30.3 Å². The van der Waals surface area contributed by atoms with Gasteiger partial charge in [-0.05, 0) is 51.0 Å². The van der Waals surface area contributed by atoms with Gasteiger partial charge in [0.05, 0.1) is 18.4 Å². The molecule has 1 unspecified atom stereocenters. The summed E-state index contributed by atoms with van der Waals surface area (Å²) in [5.74, 6) is 1.63. The third kappa shape index (κ3) is 5.06. The summed E-state index contributed by atoms with van der Waals surface area (Å²) < 4.78 is 5.80.